The number of hydrogen-bond donors (Lipinski definition) is 3. The summed E-state index contributed by atoms with van der Waals surface area (Å²) in [7, 11) is 3.36. The molecule has 1 amide bonds. The van der Waals surface area contributed by atoms with Gasteiger partial charge in [-0.1, -0.05) is 0 Å². The van der Waals surface area contributed by atoms with Crippen LogP contribution in [0, 0.1) is 0 Å². The number of amides is 1. The summed E-state index contributed by atoms with van der Waals surface area (Å²) in [5.41, 5.74) is 7.92. The van der Waals surface area contributed by atoms with Crippen molar-refractivity contribution in [3.05, 3.63) is 35.8 Å². The zero-order valence-electron chi connectivity index (χ0n) is 10.8. The summed E-state index contributed by atoms with van der Waals surface area (Å²) in [5.74, 6) is 0.401. The van der Waals surface area contributed by atoms with Gasteiger partial charge in [0.2, 0.25) is 0 Å². The molecule has 0 saturated heterocycles. The van der Waals surface area contributed by atoms with E-state index in [-0.39, 0.29) is 5.91 Å². The lowest BCUT2D eigenvalue weighted by Crippen LogP contribution is -2.19. The molecule has 0 atom stereocenters. The van der Waals surface area contributed by atoms with E-state index in [0.717, 1.165) is 11.3 Å². The van der Waals surface area contributed by atoms with Crippen LogP contribution in [0.1, 0.15) is 16.1 Å². The number of nitrogens with two attached hydrogens (primary N) is 1. The maximum Gasteiger partial charge on any atom is 0.269 e. The number of hydrogen-bond acceptors (Lipinski definition) is 5. The molecule has 0 radical (unpaired) electrons. The van der Waals surface area contributed by atoms with Crippen molar-refractivity contribution in [1.29, 1.82) is 0 Å². The average Bonchev–Trinajstić information content (AvgIpc) is 2.76. The molecule has 19 heavy (non-hydrogen) atoms. The number of carbonyl (C=O) groups is 1. The molecule has 2 heterocycles. The van der Waals surface area contributed by atoms with E-state index in [4.69, 9.17) is 5.73 Å². The van der Waals surface area contributed by atoms with E-state index in [1.54, 1.807) is 43.3 Å². The van der Waals surface area contributed by atoms with Crippen molar-refractivity contribution < 1.29 is 4.79 Å². The van der Waals surface area contributed by atoms with Gasteiger partial charge >= 0.3 is 0 Å². The van der Waals surface area contributed by atoms with Crippen LogP contribution in [0.2, 0.25) is 0 Å². The third-order valence-electron chi connectivity index (χ3n) is 2.77. The molecule has 0 saturated carbocycles. The van der Waals surface area contributed by atoms with Gasteiger partial charge in [0, 0.05) is 38.1 Å². The first-order valence-electron chi connectivity index (χ1n) is 5.80. The van der Waals surface area contributed by atoms with Gasteiger partial charge < -0.3 is 16.4 Å². The Balaban J connectivity index is 2.07. The first-order valence-corrected chi connectivity index (χ1v) is 5.80. The highest BCUT2D eigenvalue weighted by Gasteiger charge is 2.07. The van der Waals surface area contributed by atoms with Gasteiger partial charge in [0.1, 0.15) is 11.5 Å². The molecular formula is C12H16N6O. The van der Waals surface area contributed by atoms with Gasteiger partial charge in [-0.05, 0) is 12.1 Å². The second-order valence-electron chi connectivity index (χ2n) is 4.04. The average molecular weight is 260 g/mol. The van der Waals surface area contributed by atoms with E-state index < -0.39 is 0 Å². The van der Waals surface area contributed by atoms with Crippen LogP contribution in [0.4, 0.5) is 11.5 Å². The maximum absolute atomic E-state index is 11.5. The minimum atomic E-state index is -0.218. The van der Waals surface area contributed by atoms with Gasteiger partial charge in [0.05, 0.1) is 6.20 Å². The summed E-state index contributed by atoms with van der Waals surface area (Å²) < 4.78 is 1.61. The second kappa shape index (κ2) is 5.38. The van der Waals surface area contributed by atoms with Crippen LogP contribution in [0.3, 0.4) is 0 Å². The molecule has 2 rings (SSSR count). The standard InChI is InChI=1S/C12H16N6O/c1-14-12(19)10-5-9(3-4-15-10)16-6-8-7-17-18(2)11(8)13/h3-5,7H,6,13H2,1-2H3,(H,14,19)(H,15,16). The topological polar surface area (TPSA) is 97.9 Å². The van der Waals surface area contributed by atoms with Gasteiger partial charge in [-0.15, -0.1) is 0 Å². The van der Waals surface area contributed by atoms with Crippen LogP contribution in [-0.2, 0) is 13.6 Å². The van der Waals surface area contributed by atoms with Crippen molar-refractivity contribution >= 4 is 17.4 Å². The highest BCUT2D eigenvalue weighted by molar-refractivity contribution is 5.92. The maximum atomic E-state index is 11.5. The SMILES string of the molecule is CNC(=O)c1cc(NCc2cnn(C)c2N)ccn1. The van der Waals surface area contributed by atoms with Crippen molar-refractivity contribution in [1.82, 2.24) is 20.1 Å². The zero-order chi connectivity index (χ0) is 13.8. The Bertz CT molecular complexity index is 592. The van der Waals surface area contributed by atoms with Gasteiger partial charge in [0.25, 0.3) is 5.91 Å². The fraction of sp³-hybridized carbons (Fsp3) is 0.250. The molecule has 4 N–H and O–H groups in total. The van der Waals surface area contributed by atoms with E-state index in [2.05, 4.69) is 20.7 Å². The molecule has 0 aromatic carbocycles. The molecule has 0 aliphatic heterocycles. The van der Waals surface area contributed by atoms with E-state index in [1.807, 2.05) is 0 Å². The van der Waals surface area contributed by atoms with Crippen LogP contribution in [0.25, 0.3) is 0 Å². The van der Waals surface area contributed by atoms with Crippen LogP contribution < -0.4 is 16.4 Å². The summed E-state index contributed by atoms with van der Waals surface area (Å²) >= 11 is 0. The summed E-state index contributed by atoms with van der Waals surface area (Å²) in [6.45, 7) is 0.539. The lowest BCUT2D eigenvalue weighted by Gasteiger charge is -2.07. The number of rotatable bonds is 4. The Kier molecular flexibility index (Phi) is 3.65. The number of nitrogens with one attached hydrogen (secondary N) is 2. The summed E-state index contributed by atoms with van der Waals surface area (Å²) in [5, 5.41) is 9.78. The molecule has 0 unspecified atom stereocenters. The van der Waals surface area contributed by atoms with Crippen molar-refractivity contribution in [3.63, 3.8) is 0 Å². The first kappa shape index (κ1) is 12.9. The highest BCUT2D eigenvalue weighted by atomic mass is 16.1. The second-order valence-corrected chi connectivity index (χ2v) is 4.04. The number of carbonyl (C=O) groups excluding carboxylic acids is 1. The summed E-state index contributed by atoms with van der Waals surface area (Å²) in [6.07, 6.45) is 3.29. The van der Waals surface area contributed by atoms with Crippen LogP contribution in [-0.4, -0.2) is 27.7 Å². The Morgan fingerprint density at radius 1 is 1.53 bits per heavy atom. The normalized spacial score (nSPS) is 10.2. The van der Waals surface area contributed by atoms with Crippen LogP contribution >= 0.6 is 0 Å². The molecule has 7 heteroatoms. The number of anilines is 2. The molecule has 0 aliphatic carbocycles. The summed E-state index contributed by atoms with van der Waals surface area (Å²) in [6, 6.07) is 3.48. The van der Waals surface area contributed by atoms with Gasteiger partial charge in [-0.3, -0.25) is 14.5 Å². The number of nitrogen functional groups attached to an aromatic ring is 1. The molecule has 2 aromatic heterocycles. The van der Waals surface area contributed by atoms with E-state index >= 15 is 0 Å². The molecule has 0 aliphatic rings. The fourth-order valence-corrected chi connectivity index (χ4v) is 1.62. The third-order valence-corrected chi connectivity index (χ3v) is 2.77. The summed E-state index contributed by atoms with van der Waals surface area (Å²) in [4.78, 5) is 15.5. The van der Waals surface area contributed by atoms with E-state index in [1.165, 1.54) is 0 Å². The fourth-order valence-electron chi connectivity index (χ4n) is 1.62. The van der Waals surface area contributed by atoms with E-state index in [9.17, 15) is 4.79 Å². The largest absolute Gasteiger partial charge is 0.384 e. The van der Waals surface area contributed by atoms with E-state index in [0.29, 0.717) is 18.1 Å². The van der Waals surface area contributed by atoms with Crippen molar-refractivity contribution in [2.45, 2.75) is 6.54 Å². The monoisotopic (exact) mass is 260 g/mol. The van der Waals surface area contributed by atoms with Crippen LogP contribution in [0.5, 0.6) is 0 Å². The number of nitrogens with zero attached hydrogens (tertiary/aromatic N) is 3. The Morgan fingerprint density at radius 2 is 2.32 bits per heavy atom. The number of pyridine rings is 1. The van der Waals surface area contributed by atoms with Gasteiger partial charge in [0.15, 0.2) is 0 Å². The third kappa shape index (κ3) is 2.82. The highest BCUT2D eigenvalue weighted by Crippen LogP contribution is 2.13. The lowest BCUT2D eigenvalue weighted by atomic mass is 10.2. The number of aromatic nitrogens is 3. The quantitative estimate of drug-likeness (QED) is 0.737. The molecule has 2 aromatic rings. The van der Waals surface area contributed by atoms with Gasteiger partial charge in [-0.2, -0.15) is 5.10 Å². The Hall–Kier alpha value is -2.57. The Morgan fingerprint density at radius 3 is 2.95 bits per heavy atom. The first-order chi connectivity index (χ1) is 9.11. The minimum absolute atomic E-state index is 0.218. The smallest absolute Gasteiger partial charge is 0.269 e. The predicted molar refractivity (Wildman–Crippen MR) is 72.6 cm³/mol. The number of aryl methyl sites for hydroxylation is 1. The molecule has 0 fully saturated rings. The minimum Gasteiger partial charge on any atom is -0.384 e. The van der Waals surface area contributed by atoms with Gasteiger partial charge in [-0.25, -0.2) is 0 Å². The molecule has 0 bridgehead atoms. The molecule has 7 nitrogen and oxygen atoms in total. The van der Waals surface area contributed by atoms with Crippen molar-refractivity contribution in [2.75, 3.05) is 18.1 Å². The molecular weight excluding hydrogens is 244 g/mol. The van der Waals surface area contributed by atoms with Crippen LogP contribution in [0.15, 0.2) is 24.5 Å². The lowest BCUT2D eigenvalue weighted by molar-refractivity contribution is 0.0958. The predicted octanol–water partition coefficient (Wildman–Crippen LogP) is 0.369. The zero-order valence-corrected chi connectivity index (χ0v) is 10.8. The molecule has 100 valence electrons. The van der Waals surface area contributed by atoms with Crippen molar-refractivity contribution in [2.24, 2.45) is 7.05 Å². The Labute approximate surface area is 110 Å². The molecule has 0 spiro atoms. The van der Waals surface area contributed by atoms with Crippen molar-refractivity contribution in [3.8, 4) is 0 Å².